The van der Waals surface area contributed by atoms with E-state index in [2.05, 4.69) is 12.2 Å². The van der Waals surface area contributed by atoms with E-state index < -0.39 is 0 Å². The van der Waals surface area contributed by atoms with Crippen LogP contribution in [0.25, 0.3) is 0 Å². The number of rotatable bonds is 8. The first-order chi connectivity index (χ1) is 14.2. The zero-order valence-corrected chi connectivity index (χ0v) is 17.3. The smallest absolute Gasteiger partial charge is 0.225 e. The first-order valence-electron chi connectivity index (χ1n) is 10.4. The van der Waals surface area contributed by atoms with Crippen LogP contribution in [0.5, 0.6) is 5.75 Å². The summed E-state index contributed by atoms with van der Waals surface area (Å²) >= 11 is 0. The third-order valence-electron chi connectivity index (χ3n) is 5.56. The minimum atomic E-state index is -0.310. The van der Waals surface area contributed by atoms with Crippen LogP contribution in [0.1, 0.15) is 49.8 Å². The van der Waals surface area contributed by atoms with Gasteiger partial charge in [0.05, 0.1) is 19.1 Å². The van der Waals surface area contributed by atoms with Crippen LogP contribution in [0.15, 0.2) is 54.6 Å². The van der Waals surface area contributed by atoms with Crippen LogP contribution in [-0.2, 0) is 16.1 Å². The summed E-state index contributed by atoms with van der Waals surface area (Å²) in [4.78, 5) is 27.9. The first kappa shape index (κ1) is 20.9. The van der Waals surface area contributed by atoms with Gasteiger partial charge in [0.2, 0.25) is 11.8 Å². The van der Waals surface area contributed by atoms with E-state index in [9.17, 15) is 9.59 Å². The molecule has 2 unspecified atom stereocenters. The molecule has 2 amide bonds. The number of ether oxygens (including phenoxy) is 1. The molecule has 0 aliphatic carbocycles. The van der Waals surface area contributed by atoms with E-state index in [1.54, 1.807) is 7.11 Å². The van der Waals surface area contributed by atoms with E-state index in [0.29, 0.717) is 25.9 Å². The van der Waals surface area contributed by atoms with Gasteiger partial charge in [-0.1, -0.05) is 61.9 Å². The number of para-hydroxylation sites is 1. The van der Waals surface area contributed by atoms with Gasteiger partial charge in [-0.05, 0) is 24.5 Å². The number of piperidine rings is 1. The first-order valence-corrected chi connectivity index (χ1v) is 10.4. The number of hydrogen-bond donors (Lipinski definition) is 1. The molecule has 0 bridgehead atoms. The third kappa shape index (κ3) is 4.97. The van der Waals surface area contributed by atoms with Gasteiger partial charge in [0.25, 0.3) is 0 Å². The maximum Gasteiger partial charge on any atom is 0.225 e. The van der Waals surface area contributed by atoms with Crippen molar-refractivity contribution in [1.29, 1.82) is 0 Å². The summed E-state index contributed by atoms with van der Waals surface area (Å²) in [5, 5.41) is 3.08. The van der Waals surface area contributed by atoms with E-state index in [0.717, 1.165) is 29.7 Å². The van der Waals surface area contributed by atoms with Crippen LogP contribution in [0.4, 0.5) is 0 Å². The van der Waals surface area contributed by atoms with Gasteiger partial charge in [-0.2, -0.15) is 0 Å². The number of likely N-dealkylation sites (tertiary alicyclic amines) is 1. The normalized spacial score (nSPS) is 19.1. The van der Waals surface area contributed by atoms with Crippen LogP contribution in [0.2, 0.25) is 0 Å². The van der Waals surface area contributed by atoms with Crippen molar-refractivity contribution < 1.29 is 14.3 Å². The number of amides is 2. The summed E-state index contributed by atoms with van der Waals surface area (Å²) in [7, 11) is 1.63. The molecule has 1 aliphatic heterocycles. The standard InChI is InChI=1S/C24H30N2O3/c1-3-4-16-26-22(27)15-14-20(23(26)19-12-8-9-13-21(19)29-2)24(28)25-17-18-10-6-5-7-11-18/h5-13,20,23H,3-4,14-17H2,1-2H3,(H,25,28). The number of unbranched alkanes of at least 4 members (excludes halogenated alkanes) is 1. The third-order valence-corrected chi connectivity index (χ3v) is 5.56. The van der Waals surface area contributed by atoms with Crippen LogP contribution < -0.4 is 10.1 Å². The van der Waals surface area contributed by atoms with Gasteiger partial charge in [-0.3, -0.25) is 9.59 Å². The number of nitrogens with zero attached hydrogens (tertiary/aromatic N) is 1. The Morgan fingerprint density at radius 2 is 1.86 bits per heavy atom. The Kier molecular flexibility index (Phi) is 7.28. The van der Waals surface area contributed by atoms with Gasteiger partial charge in [-0.15, -0.1) is 0 Å². The topological polar surface area (TPSA) is 58.6 Å². The van der Waals surface area contributed by atoms with Crippen LogP contribution in [0.3, 0.4) is 0 Å². The van der Waals surface area contributed by atoms with Crippen molar-refractivity contribution in [2.75, 3.05) is 13.7 Å². The summed E-state index contributed by atoms with van der Waals surface area (Å²) in [6.45, 7) is 3.24. The number of nitrogens with one attached hydrogen (secondary N) is 1. The summed E-state index contributed by atoms with van der Waals surface area (Å²) < 4.78 is 5.57. The van der Waals surface area contributed by atoms with Gasteiger partial charge in [0.1, 0.15) is 5.75 Å². The van der Waals surface area contributed by atoms with Gasteiger partial charge in [-0.25, -0.2) is 0 Å². The van der Waals surface area contributed by atoms with Crippen molar-refractivity contribution in [3.05, 3.63) is 65.7 Å². The average Bonchev–Trinajstić information content (AvgIpc) is 2.77. The second-order valence-corrected chi connectivity index (χ2v) is 7.48. The fourth-order valence-electron chi connectivity index (χ4n) is 4.03. The second kappa shape index (κ2) is 10.1. The molecule has 2 atom stereocenters. The van der Waals surface area contributed by atoms with E-state index in [-0.39, 0.29) is 23.8 Å². The Morgan fingerprint density at radius 1 is 1.14 bits per heavy atom. The Hall–Kier alpha value is -2.82. The Bertz CT molecular complexity index is 822. The van der Waals surface area contributed by atoms with Crippen molar-refractivity contribution in [3.63, 3.8) is 0 Å². The number of hydrogen-bond acceptors (Lipinski definition) is 3. The molecule has 0 aromatic heterocycles. The highest BCUT2D eigenvalue weighted by atomic mass is 16.5. The van der Waals surface area contributed by atoms with Gasteiger partial charge in [0, 0.05) is 25.1 Å². The zero-order chi connectivity index (χ0) is 20.6. The van der Waals surface area contributed by atoms with Crippen molar-refractivity contribution >= 4 is 11.8 Å². The molecule has 29 heavy (non-hydrogen) atoms. The monoisotopic (exact) mass is 394 g/mol. The molecule has 1 aliphatic rings. The lowest BCUT2D eigenvalue weighted by molar-refractivity contribution is -0.143. The molecule has 5 heteroatoms. The molecule has 0 saturated carbocycles. The molecule has 1 N–H and O–H groups in total. The van der Waals surface area contributed by atoms with E-state index >= 15 is 0 Å². The lowest BCUT2D eigenvalue weighted by Gasteiger charge is -2.41. The van der Waals surface area contributed by atoms with Gasteiger partial charge < -0.3 is 15.0 Å². The predicted octanol–water partition coefficient (Wildman–Crippen LogP) is 4.09. The van der Waals surface area contributed by atoms with E-state index in [1.165, 1.54) is 0 Å². The molecular weight excluding hydrogens is 364 g/mol. The van der Waals surface area contributed by atoms with Crippen LogP contribution >= 0.6 is 0 Å². The molecule has 154 valence electrons. The molecule has 3 rings (SSSR count). The highest BCUT2D eigenvalue weighted by molar-refractivity contribution is 5.85. The second-order valence-electron chi connectivity index (χ2n) is 7.48. The molecule has 1 saturated heterocycles. The summed E-state index contributed by atoms with van der Waals surface area (Å²) in [6.07, 6.45) is 2.85. The quantitative estimate of drug-likeness (QED) is 0.734. The van der Waals surface area contributed by atoms with Crippen molar-refractivity contribution in [2.45, 2.75) is 45.2 Å². The number of methoxy groups -OCH3 is 1. The molecule has 5 nitrogen and oxygen atoms in total. The SMILES string of the molecule is CCCCN1C(=O)CCC(C(=O)NCc2ccccc2)C1c1ccccc1OC. The minimum Gasteiger partial charge on any atom is -0.496 e. The zero-order valence-electron chi connectivity index (χ0n) is 17.3. The molecule has 2 aromatic rings. The maximum atomic E-state index is 13.2. The Labute approximate surface area is 173 Å². The largest absolute Gasteiger partial charge is 0.496 e. The highest BCUT2D eigenvalue weighted by Gasteiger charge is 2.41. The fraction of sp³-hybridized carbons (Fsp3) is 0.417. The number of carbonyl (C=O) groups is 2. The summed E-state index contributed by atoms with van der Waals surface area (Å²) in [6, 6.07) is 17.3. The molecule has 0 radical (unpaired) electrons. The molecule has 2 aromatic carbocycles. The molecule has 0 spiro atoms. The van der Waals surface area contributed by atoms with Gasteiger partial charge >= 0.3 is 0 Å². The number of carbonyl (C=O) groups excluding carboxylic acids is 2. The lowest BCUT2D eigenvalue weighted by atomic mass is 9.83. The maximum absolute atomic E-state index is 13.2. The minimum absolute atomic E-state index is 0.0150. The van der Waals surface area contributed by atoms with Crippen molar-refractivity contribution in [2.24, 2.45) is 5.92 Å². The molecular formula is C24H30N2O3. The fourth-order valence-corrected chi connectivity index (χ4v) is 4.03. The Balaban J connectivity index is 1.88. The van der Waals surface area contributed by atoms with Crippen LogP contribution in [-0.4, -0.2) is 30.4 Å². The van der Waals surface area contributed by atoms with Gasteiger partial charge in [0.15, 0.2) is 0 Å². The Morgan fingerprint density at radius 3 is 2.59 bits per heavy atom. The van der Waals surface area contributed by atoms with Crippen molar-refractivity contribution in [1.82, 2.24) is 10.2 Å². The van der Waals surface area contributed by atoms with E-state index in [1.807, 2.05) is 59.5 Å². The summed E-state index contributed by atoms with van der Waals surface area (Å²) in [5.74, 6) is 0.513. The van der Waals surface area contributed by atoms with Crippen LogP contribution in [0, 0.1) is 5.92 Å². The highest BCUT2D eigenvalue weighted by Crippen LogP contribution is 2.40. The van der Waals surface area contributed by atoms with Crippen molar-refractivity contribution in [3.8, 4) is 5.75 Å². The lowest BCUT2D eigenvalue weighted by Crippen LogP contribution is -2.48. The average molecular weight is 395 g/mol. The summed E-state index contributed by atoms with van der Waals surface area (Å²) in [5.41, 5.74) is 1.96. The molecule has 1 heterocycles. The number of benzene rings is 2. The predicted molar refractivity (Wildman–Crippen MR) is 113 cm³/mol. The molecule has 1 fully saturated rings. The van der Waals surface area contributed by atoms with E-state index in [4.69, 9.17) is 4.74 Å².